The van der Waals surface area contributed by atoms with Crippen molar-refractivity contribution in [3.8, 4) is 6.07 Å². The molecule has 2 rings (SSSR count). The Morgan fingerprint density at radius 3 is 2.68 bits per heavy atom. The molecule has 1 amide bonds. The number of halogens is 2. The molecule has 0 saturated carbocycles. The number of aryl methyl sites for hydroxylation is 1. The Kier molecular flexibility index (Phi) is 4.40. The van der Waals surface area contributed by atoms with Crippen molar-refractivity contribution in [2.75, 3.05) is 5.32 Å². The Labute approximate surface area is 131 Å². The number of amides is 1. The number of carbonyl (C=O) groups is 1. The predicted octanol–water partition coefficient (Wildman–Crippen LogP) is 4.71. The molecule has 0 atom stereocenters. The van der Waals surface area contributed by atoms with Gasteiger partial charge in [0.1, 0.15) is 0 Å². The molecule has 0 saturated heterocycles. The van der Waals surface area contributed by atoms with Gasteiger partial charge in [-0.15, -0.1) is 11.3 Å². The second-order valence-corrected chi connectivity index (χ2v) is 7.05. The minimum Gasteiger partial charge on any atom is -0.321 e. The fraction of sp³-hybridized carbons (Fsp3) is 0.0769. The van der Waals surface area contributed by atoms with Crippen LogP contribution in [0.2, 0.25) is 0 Å². The average molecular weight is 400 g/mol. The molecule has 19 heavy (non-hydrogen) atoms. The smallest absolute Gasteiger partial charge is 0.265 e. The zero-order valence-corrected chi connectivity index (χ0v) is 13.8. The molecule has 0 unspecified atom stereocenters. The first-order chi connectivity index (χ1) is 9.01. The zero-order valence-electron chi connectivity index (χ0n) is 9.83. The van der Waals surface area contributed by atoms with Crippen molar-refractivity contribution in [2.45, 2.75) is 6.92 Å². The van der Waals surface area contributed by atoms with Gasteiger partial charge in [-0.2, -0.15) is 5.26 Å². The van der Waals surface area contributed by atoms with Crippen molar-refractivity contribution >= 4 is 54.8 Å². The van der Waals surface area contributed by atoms with Crippen molar-refractivity contribution in [3.63, 3.8) is 0 Å². The van der Waals surface area contributed by atoms with Crippen LogP contribution in [0, 0.1) is 18.3 Å². The van der Waals surface area contributed by atoms with E-state index in [4.69, 9.17) is 5.26 Å². The van der Waals surface area contributed by atoms with Gasteiger partial charge in [0.2, 0.25) is 0 Å². The van der Waals surface area contributed by atoms with E-state index in [1.165, 1.54) is 11.3 Å². The van der Waals surface area contributed by atoms with E-state index in [1.807, 2.05) is 13.0 Å². The van der Waals surface area contributed by atoms with Crippen LogP contribution in [0.15, 0.2) is 32.5 Å². The summed E-state index contributed by atoms with van der Waals surface area (Å²) in [6.45, 7) is 1.89. The lowest BCUT2D eigenvalue weighted by Gasteiger charge is -2.07. The topological polar surface area (TPSA) is 52.9 Å². The van der Waals surface area contributed by atoms with Crippen molar-refractivity contribution in [2.24, 2.45) is 0 Å². The van der Waals surface area contributed by atoms with E-state index >= 15 is 0 Å². The van der Waals surface area contributed by atoms with Crippen LogP contribution in [0.1, 0.15) is 20.8 Å². The summed E-state index contributed by atoms with van der Waals surface area (Å²) >= 11 is 8.05. The number of nitrogens with one attached hydrogen (secondary N) is 1. The largest absolute Gasteiger partial charge is 0.321 e. The van der Waals surface area contributed by atoms with Gasteiger partial charge in [-0.1, -0.05) is 6.07 Å². The van der Waals surface area contributed by atoms with E-state index in [-0.39, 0.29) is 5.91 Å². The molecule has 2 aromatic rings. The summed E-state index contributed by atoms with van der Waals surface area (Å²) in [7, 11) is 0. The fourth-order valence-electron chi connectivity index (χ4n) is 1.47. The minimum absolute atomic E-state index is 0.186. The molecule has 6 heteroatoms. The van der Waals surface area contributed by atoms with Crippen LogP contribution in [-0.4, -0.2) is 5.91 Å². The van der Waals surface area contributed by atoms with E-state index in [0.717, 1.165) is 13.8 Å². The summed E-state index contributed by atoms with van der Waals surface area (Å²) in [5, 5.41) is 11.7. The molecule has 1 N–H and O–H groups in total. The number of benzene rings is 1. The maximum absolute atomic E-state index is 12.1. The lowest BCUT2D eigenvalue weighted by molar-refractivity contribution is 0.103. The zero-order chi connectivity index (χ0) is 14.0. The van der Waals surface area contributed by atoms with Crippen molar-refractivity contribution < 1.29 is 4.79 Å². The molecular weight excluding hydrogens is 392 g/mol. The molecule has 0 bridgehead atoms. The van der Waals surface area contributed by atoms with E-state index in [9.17, 15) is 4.79 Å². The van der Waals surface area contributed by atoms with Crippen molar-refractivity contribution in [1.82, 2.24) is 0 Å². The monoisotopic (exact) mass is 398 g/mol. The van der Waals surface area contributed by atoms with Crippen LogP contribution in [0.25, 0.3) is 0 Å². The third-order valence-corrected chi connectivity index (χ3v) is 5.74. The molecule has 0 fully saturated rings. The van der Waals surface area contributed by atoms with E-state index < -0.39 is 0 Å². The number of hydrogen-bond donors (Lipinski definition) is 1. The molecule has 0 aliphatic heterocycles. The predicted molar refractivity (Wildman–Crippen MR) is 83.6 cm³/mol. The number of hydrogen-bond acceptors (Lipinski definition) is 3. The van der Waals surface area contributed by atoms with Gasteiger partial charge in [-0.25, -0.2) is 0 Å². The average Bonchev–Trinajstić information content (AvgIpc) is 2.72. The first kappa shape index (κ1) is 14.3. The molecule has 1 aromatic carbocycles. The number of carbonyl (C=O) groups excluding carboxylic acids is 1. The highest BCUT2D eigenvalue weighted by molar-refractivity contribution is 9.13. The van der Waals surface area contributed by atoms with Crippen LogP contribution < -0.4 is 5.32 Å². The molecule has 0 aliphatic rings. The Hall–Kier alpha value is -1.16. The highest BCUT2D eigenvalue weighted by Crippen LogP contribution is 2.32. The van der Waals surface area contributed by atoms with E-state index in [0.29, 0.717) is 16.1 Å². The van der Waals surface area contributed by atoms with Crippen LogP contribution in [0.4, 0.5) is 5.69 Å². The van der Waals surface area contributed by atoms with Crippen LogP contribution in [-0.2, 0) is 0 Å². The van der Waals surface area contributed by atoms with Gasteiger partial charge in [0.05, 0.1) is 20.3 Å². The van der Waals surface area contributed by atoms with E-state index in [1.54, 1.807) is 18.2 Å². The SMILES string of the molecule is Cc1ccc(C#N)cc1NC(=O)c1cc(Br)c(Br)s1. The van der Waals surface area contributed by atoms with Crippen LogP contribution in [0.5, 0.6) is 0 Å². The summed E-state index contributed by atoms with van der Waals surface area (Å²) in [4.78, 5) is 12.7. The van der Waals surface area contributed by atoms with Gasteiger partial charge in [0.15, 0.2) is 0 Å². The van der Waals surface area contributed by atoms with Gasteiger partial charge >= 0.3 is 0 Å². The molecular formula is C13H8Br2N2OS. The normalized spacial score (nSPS) is 10.0. The van der Waals surface area contributed by atoms with Gasteiger partial charge < -0.3 is 5.32 Å². The second-order valence-electron chi connectivity index (χ2n) is 3.83. The van der Waals surface area contributed by atoms with Gasteiger partial charge in [-0.05, 0) is 62.5 Å². The molecule has 0 spiro atoms. The third-order valence-electron chi connectivity index (χ3n) is 2.48. The number of nitrogens with zero attached hydrogens (tertiary/aromatic N) is 1. The number of anilines is 1. The van der Waals surface area contributed by atoms with Crippen molar-refractivity contribution in [1.29, 1.82) is 5.26 Å². The molecule has 0 radical (unpaired) electrons. The summed E-state index contributed by atoms with van der Waals surface area (Å²) < 4.78 is 1.73. The number of rotatable bonds is 2. The highest BCUT2D eigenvalue weighted by atomic mass is 79.9. The van der Waals surface area contributed by atoms with Gasteiger partial charge in [0.25, 0.3) is 5.91 Å². The number of nitriles is 1. The molecule has 1 aromatic heterocycles. The maximum Gasteiger partial charge on any atom is 0.265 e. The first-order valence-electron chi connectivity index (χ1n) is 5.28. The van der Waals surface area contributed by atoms with Gasteiger partial charge in [-0.3, -0.25) is 4.79 Å². The third kappa shape index (κ3) is 3.24. The summed E-state index contributed by atoms with van der Waals surface area (Å²) in [6.07, 6.45) is 0. The Bertz CT molecular complexity index is 669. The summed E-state index contributed by atoms with van der Waals surface area (Å²) in [5.41, 5.74) is 2.10. The Morgan fingerprint density at radius 2 is 2.11 bits per heavy atom. The highest BCUT2D eigenvalue weighted by Gasteiger charge is 2.13. The van der Waals surface area contributed by atoms with Crippen LogP contribution >= 0.6 is 43.2 Å². The lowest BCUT2D eigenvalue weighted by Crippen LogP contribution is -2.11. The van der Waals surface area contributed by atoms with Crippen LogP contribution in [0.3, 0.4) is 0 Å². The molecule has 1 heterocycles. The summed E-state index contributed by atoms with van der Waals surface area (Å²) in [6, 6.07) is 9.03. The quantitative estimate of drug-likeness (QED) is 0.795. The molecule has 0 aliphatic carbocycles. The van der Waals surface area contributed by atoms with Crippen molar-refractivity contribution in [3.05, 3.63) is 48.5 Å². The Balaban J connectivity index is 2.26. The maximum atomic E-state index is 12.1. The second kappa shape index (κ2) is 5.87. The van der Waals surface area contributed by atoms with E-state index in [2.05, 4.69) is 43.2 Å². The fourth-order valence-corrected chi connectivity index (χ4v) is 3.40. The molecule has 96 valence electrons. The first-order valence-corrected chi connectivity index (χ1v) is 7.68. The number of thiophene rings is 1. The molecule has 3 nitrogen and oxygen atoms in total. The summed E-state index contributed by atoms with van der Waals surface area (Å²) in [5.74, 6) is -0.186. The standard InChI is InChI=1S/C13H8Br2N2OS/c1-7-2-3-8(6-16)4-10(7)17-13(18)11-5-9(14)12(15)19-11/h2-5H,1H3,(H,17,18). The Morgan fingerprint density at radius 1 is 1.37 bits per heavy atom. The minimum atomic E-state index is -0.186. The lowest BCUT2D eigenvalue weighted by atomic mass is 10.1. The van der Waals surface area contributed by atoms with Gasteiger partial charge in [0, 0.05) is 10.2 Å².